The van der Waals surface area contributed by atoms with Crippen LogP contribution in [0.3, 0.4) is 0 Å². The van der Waals surface area contributed by atoms with Crippen molar-refractivity contribution in [2.75, 3.05) is 0 Å². The molecular formula is H18KNO12. The Hall–Kier alpha value is 0.476. The average molecular weight is 263 g/mol. The fraction of sp³-hybridized carbons (Fsp3) is 0. The van der Waals surface area contributed by atoms with Gasteiger partial charge in [0.2, 0.25) is 0 Å². The molecule has 0 saturated heterocycles. The van der Waals surface area contributed by atoms with Gasteiger partial charge in [-0.25, -0.2) is 0 Å². The zero-order valence-electron chi connectivity index (χ0n) is 7.17. The van der Waals surface area contributed by atoms with Crippen molar-refractivity contribution >= 4 is 0 Å². The second-order valence-electron chi connectivity index (χ2n) is 0.224. The molecule has 0 amide bonds. The largest absolute Gasteiger partial charge is 1.00 e. The SMILES string of the molecule is O.O.O.O.O.O.O.O.O.O=[N+]([O-])[O-].[K+]. The Labute approximate surface area is 120 Å². The molecule has 0 aliphatic heterocycles. The second-order valence-corrected chi connectivity index (χ2v) is 0.224. The summed E-state index contributed by atoms with van der Waals surface area (Å²) in [6, 6.07) is 0. The van der Waals surface area contributed by atoms with Crippen molar-refractivity contribution < 1.29 is 106 Å². The van der Waals surface area contributed by atoms with Crippen molar-refractivity contribution in [3.8, 4) is 0 Å². The number of hydrogen-bond acceptors (Lipinski definition) is 3. The van der Waals surface area contributed by atoms with Crippen LogP contribution in [0.25, 0.3) is 0 Å². The summed E-state index contributed by atoms with van der Waals surface area (Å²) in [6.45, 7) is 0. The van der Waals surface area contributed by atoms with E-state index in [-0.39, 0.29) is 101 Å². The minimum Gasteiger partial charge on any atom is -0.412 e. The van der Waals surface area contributed by atoms with Crippen LogP contribution in [0.5, 0.6) is 0 Å². The summed E-state index contributed by atoms with van der Waals surface area (Å²) in [4.78, 5) is 8.25. The van der Waals surface area contributed by atoms with Crippen LogP contribution in [0.4, 0.5) is 0 Å². The van der Waals surface area contributed by atoms with Crippen LogP contribution in [-0.4, -0.2) is 54.4 Å². The molecule has 96 valence electrons. The fourth-order valence-corrected chi connectivity index (χ4v) is 0. The van der Waals surface area contributed by atoms with Crippen LogP contribution in [0, 0.1) is 15.3 Å². The van der Waals surface area contributed by atoms with E-state index in [0.717, 1.165) is 0 Å². The number of hydrogen-bond donors (Lipinski definition) is 0. The van der Waals surface area contributed by atoms with Crippen molar-refractivity contribution in [1.82, 2.24) is 0 Å². The first-order chi connectivity index (χ1) is 1.73. The predicted octanol–water partition coefficient (Wildman–Crippen LogP) is -10.7. The zero-order valence-corrected chi connectivity index (χ0v) is 10.3. The molecule has 0 radical (unpaired) electrons. The van der Waals surface area contributed by atoms with Crippen molar-refractivity contribution in [1.29, 1.82) is 0 Å². The van der Waals surface area contributed by atoms with E-state index in [1.807, 2.05) is 0 Å². The van der Waals surface area contributed by atoms with Crippen molar-refractivity contribution in [2.45, 2.75) is 0 Å². The minimum atomic E-state index is -1.75. The Kier molecular flexibility index (Phi) is 2700. The second kappa shape index (κ2) is 174. The molecule has 0 aromatic rings. The van der Waals surface area contributed by atoms with Gasteiger partial charge in [-0.3, -0.25) is 0 Å². The summed E-state index contributed by atoms with van der Waals surface area (Å²) in [7, 11) is 0. The molecule has 0 spiro atoms. The first kappa shape index (κ1) is 218. The number of nitrogens with zero attached hydrogens (tertiary/aromatic N) is 1. The maximum absolute atomic E-state index is 8.25. The monoisotopic (exact) mass is 263 g/mol. The Balaban J connectivity index is -0.000000001000. The Bertz CT molecular complexity index is 33.3. The molecule has 0 aromatic heterocycles. The molecule has 14 heteroatoms. The average Bonchev–Trinajstić information content (AvgIpc) is 0.811. The van der Waals surface area contributed by atoms with E-state index in [2.05, 4.69) is 0 Å². The Morgan fingerprint density at radius 3 is 0.571 bits per heavy atom. The third kappa shape index (κ3) is 7240. The molecule has 0 fully saturated rings. The molecule has 0 aliphatic rings. The van der Waals surface area contributed by atoms with Crippen LogP contribution < -0.4 is 51.4 Å². The summed E-state index contributed by atoms with van der Waals surface area (Å²) < 4.78 is 0. The van der Waals surface area contributed by atoms with Gasteiger partial charge in [0.15, 0.2) is 0 Å². The smallest absolute Gasteiger partial charge is 0.412 e. The van der Waals surface area contributed by atoms with Gasteiger partial charge < -0.3 is 64.6 Å². The summed E-state index contributed by atoms with van der Waals surface area (Å²) >= 11 is 0. The Morgan fingerprint density at radius 1 is 0.571 bits per heavy atom. The maximum atomic E-state index is 8.25. The molecular weight excluding hydrogens is 245 g/mol. The molecule has 0 aromatic carbocycles. The summed E-state index contributed by atoms with van der Waals surface area (Å²) in [5.41, 5.74) is 0. The van der Waals surface area contributed by atoms with E-state index in [9.17, 15) is 0 Å². The van der Waals surface area contributed by atoms with E-state index in [0.29, 0.717) is 0 Å². The summed E-state index contributed by atoms with van der Waals surface area (Å²) in [6.07, 6.45) is 0. The van der Waals surface area contributed by atoms with Gasteiger partial charge in [-0.05, 0) is 0 Å². The van der Waals surface area contributed by atoms with Gasteiger partial charge in [-0.15, -0.1) is 0 Å². The first-order valence-electron chi connectivity index (χ1n) is 0.548. The van der Waals surface area contributed by atoms with Gasteiger partial charge in [-0.1, -0.05) is 0 Å². The molecule has 0 heterocycles. The predicted molar refractivity (Wildman–Crippen MR) is 42.9 cm³/mol. The summed E-state index contributed by atoms with van der Waals surface area (Å²) in [5, 5.41) is 14.8. The molecule has 0 unspecified atom stereocenters. The van der Waals surface area contributed by atoms with Crippen molar-refractivity contribution in [3.05, 3.63) is 15.3 Å². The van der Waals surface area contributed by atoms with Crippen LogP contribution >= 0.6 is 0 Å². The molecule has 0 atom stereocenters. The molecule has 13 nitrogen and oxygen atoms in total. The molecule has 18 N–H and O–H groups in total. The first-order valence-corrected chi connectivity index (χ1v) is 0.548. The van der Waals surface area contributed by atoms with Crippen LogP contribution in [0.1, 0.15) is 0 Å². The third-order valence-electron chi connectivity index (χ3n) is 0. The topological polar surface area (TPSA) is 350 Å². The van der Waals surface area contributed by atoms with E-state index in [1.54, 1.807) is 0 Å². The van der Waals surface area contributed by atoms with Crippen LogP contribution in [0.15, 0.2) is 0 Å². The summed E-state index contributed by atoms with van der Waals surface area (Å²) in [5.74, 6) is 0. The third-order valence-corrected chi connectivity index (χ3v) is 0. The minimum absolute atomic E-state index is 0. The van der Waals surface area contributed by atoms with Crippen LogP contribution in [0.2, 0.25) is 0 Å². The van der Waals surface area contributed by atoms with Gasteiger partial charge in [-0.2, -0.15) is 0 Å². The molecule has 14 heavy (non-hydrogen) atoms. The normalized spacial score (nSPS) is 1.71. The van der Waals surface area contributed by atoms with Gasteiger partial charge in [0.1, 0.15) is 0 Å². The van der Waals surface area contributed by atoms with Gasteiger partial charge in [0.05, 0.1) is 5.09 Å². The molecule has 0 rings (SSSR count). The van der Waals surface area contributed by atoms with Crippen molar-refractivity contribution in [3.63, 3.8) is 0 Å². The molecule has 0 saturated carbocycles. The van der Waals surface area contributed by atoms with Crippen LogP contribution in [-0.2, 0) is 0 Å². The van der Waals surface area contributed by atoms with E-state index >= 15 is 0 Å². The standard InChI is InChI=1S/K.NO3.9H2O/c;2-1(3)4;;;;;;;;;/h;;9*1H2/q+1;-1;;;;;;;;;. The van der Waals surface area contributed by atoms with Gasteiger partial charge in [0, 0.05) is 0 Å². The molecule has 0 aliphatic carbocycles. The quantitative estimate of drug-likeness (QED) is 0.233. The number of rotatable bonds is 0. The molecule has 0 bridgehead atoms. The zero-order chi connectivity index (χ0) is 3.58. The van der Waals surface area contributed by atoms with Gasteiger partial charge >= 0.3 is 51.4 Å². The van der Waals surface area contributed by atoms with E-state index in [1.165, 1.54) is 0 Å². The van der Waals surface area contributed by atoms with E-state index < -0.39 is 5.09 Å². The van der Waals surface area contributed by atoms with E-state index in [4.69, 9.17) is 15.3 Å². The van der Waals surface area contributed by atoms with Crippen molar-refractivity contribution in [2.24, 2.45) is 0 Å². The van der Waals surface area contributed by atoms with Gasteiger partial charge in [0.25, 0.3) is 0 Å². The Morgan fingerprint density at radius 2 is 0.571 bits per heavy atom. The maximum Gasteiger partial charge on any atom is 1.00 e. The fourth-order valence-electron chi connectivity index (χ4n) is 0.